The van der Waals surface area contributed by atoms with Gasteiger partial charge in [-0.25, -0.2) is 9.97 Å². The Balaban J connectivity index is 2.01. The van der Waals surface area contributed by atoms with E-state index < -0.39 is 0 Å². The first-order valence-electron chi connectivity index (χ1n) is 9.00. The maximum Gasteiger partial charge on any atom is 0.254 e. The van der Waals surface area contributed by atoms with Crippen LogP contribution in [0.5, 0.6) is 0 Å². The Kier molecular flexibility index (Phi) is 7.09. The van der Waals surface area contributed by atoms with E-state index in [9.17, 15) is 4.79 Å². The first-order valence-corrected chi connectivity index (χ1v) is 9.00. The van der Waals surface area contributed by atoms with Crippen LogP contribution in [0.4, 0.5) is 11.6 Å². The molecular weight excluding hydrogens is 326 g/mol. The highest BCUT2D eigenvalue weighted by molar-refractivity contribution is 5.93. The molecule has 140 valence electrons. The normalized spacial score (nSPS) is 11.0. The molecule has 0 saturated carbocycles. The lowest BCUT2D eigenvalue weighted by molar-refractivity contribution is 0.0951. The third kappa shape index (κ3) is 5.52. The lowest BCUT2D eigenvalue weighted by Gasteiger charge is -2.16. The van der Waals surface area contributed by atoms with Gasteiger partial charge in [-0.15, -0.1) is 0 Å². The topological polar surface area (TPSA) is 70.2 Å². The Morgan fingerprint density at radius 2 is 1.88 bits per heavy atom. The van der Waals surface area contributed by atoms with Gasteiger partial charge in [0.1, 0.15) is 0 Å². The van der Waals surface area contributed by atoms with E-state index in [2.05, 4.69) is 64.5 Å². The van der Waals surface area contributed by atoms with Crippen LogP contribution in [-0.2, 0) is 0 Å². The van der Waals surface area contributed by atoms with Crippen molar-refractivity contribution in [1.29, 1.82) is 0 Å². The van der Waals surface area contributed by atoms with Gasteiger partial charge in [0, 0.05) is 24.6 Å². The molecule has 1 aromatic carbocycles. The minimum atomic E-state index is -0.144. The summed E-state index contributed by atoms with van der Waals surface area (Å²) in [5.74, 6) is 0.740. The van der Waals surface area contributed by atoms with Crippen LogP contribution in [0.15, 0.2) is 30.6 Å². The number of nitrogens with zero attached hydrogens (tertiary/aromatic N) is 3. The summed E-state index contributed by atoms with van der Waals surface area (Å²) in [5, 5.41) is 6.18. The van der Waals surface area contributed by atoms with Crippen LogP contribution in [0, 0.1) is 6.92 Å². The van der Waals surface area contributed by atoms with E-state index in [1.165, 1.54) is 5.56 Å². The summed E-state index contributed by atoms with van der Waals surface area (Å²) in [6.07, 6.45) is 4.03. The van der Waals surface area contributed by atoms with Gasteiger partial charge in [0.15, 0.2) is 0 Å². The Hall–Kier alpha value is -2.47. The number of aryl methyl sites for hydroxylation is 1. The van der Waals surface area contributed by atoms with Crippen LogP contribution in [0.3, 0.4) is 0 Å². The minimum absolute atomic E-state index is 0.144. The average Bonchev–Trinajstić information content (AvgIpc) is 2.60. The molecule has 2 aromatic rings. The molecule has 0 aliphatic carbocycles. The highest BCUT2D eigenvalue weighted by Gasteiger charge is 2.11. The van der Waals surface area contributed by atoms with Crippen molar-refractivity contribution < 1.29 is 4.79 Å². The lowest BCUT2D eigenvalue weighted by Crippen LogP contribution is -2.27. The van der Waals surface area contributed by atoms with Gasteiger partial charge in [-0.2, -0.15) is 0 Å². The van der Waals surface area contributed by atoms with Crippen molar-refractivity contribution in [1.82, 2.24) is 20.2 Å². The van der Waals surface area contributed by atoms with Crippen LogP contribution < -0.4 is 10.6 Å². The number of rotatable bonds is 8. The predicted molar refractivity (Wildman–Crippen MR) is 106 cm³/mol. The van der Waals surface area contributed by atoms with Crippen LogP contribution in [0.25, 0.3) is 0 Å². The number of carbonyl (C=O) groups excluding carboxylic acids is 1. The molecule has 6 nitrogen and oxygen atoms in total. The summed E-state index contributed by atoms with van der Waals surface area (Å²) in [5.41, 5.74) is 3.86. The largest absolute Gasteiger partial charge is 0.352 e. The number of carbonyl (C=O) groups is 1. The van der Waals surface area contributed by atoms with Crippen LogP contribution >= 0.6 is 0 Å². The molecule has 0 aliphatic rings. The summed E-state index contributed by atoms with van der Waals surface area (Å²) in [7, 11) is 4.03. The predicted octanol–water partition coefficient (Wildman–Crippen LogP) is 3.33. The molecule has 0 radical (unpaired) electrons. The zero-order chi connectivity index (χ0) is 19.1. The molecule has 26 heavy (non-hydrogen) atoms. The maximum atomic E-state index is 12.1. The van der Waals surface area contributed by atoms with E-state index in [1.807, 2.05) is 14.1 Å². The number of hydrogen-bond donors (Lipinski definition) is 2. The molecule has 1 aromatic heterocycles. The monoisotopic (exact) mass is 355 g/mol. The number of benzene rings is 1. The third-order valence-electron chi connectivity index (χ3n) is 4.15. The first kappa shape index (κ1) is 19.8. The van der Waals surface area contributed by atoms with Crippen LogP contribution in [0.1, 0.15) is 47.7 Å². The quantitative estimate of drug-likeness (QED) is 0.711. The molecule has 2 rings (SSSR count). The van der Waals surface area contributed by atoms with Gasteiger partial charge >= 0.3 is 0 Å². The molecular formula is C20H29N5O. The molecule has 1 amide bonds. The zero-order valence-corrected chi connectivity index (χ0v) is 16.3. The second-order valence-corrected chi connectivity index (χ2v) is 7.03. The van der Waals surface area contributed by atoms with Gasteiger partial charge in [-0.3, -0.25) is 4.79 Å². The van der Waals surface area contributed by atoms with Crippen molar-refractivity contribution in [3.05, 3.63) is 47.3 Å². The van der Waals surface area contributed by atoms with Crippen molar-refractivity contribution in [3.8, 4) is 0 Å². The smallest absolute Gasteiger partial charge is 0.254 e. The summed E-state index contributed by atoms with van der Waals surface area (Å²) >= 11 is 0. The summed E-state index contributed by atoms with van der Waals surface area (Å²) in [6.45, 7) is 7.95. The van der Waals surface area contributed by atoms with Gasteiger partial charge in [0.05, 0.1) is 5.56 Å². The Morgan fingerprint density at radius 3 is 2.50 bits per heavy atom. The molecule has 0 aliphatic heterocycles. The average molecular weight is 355 g/mol. The fourth-order valence-electron chi connectivity index (χ4n) is 2.66. The van der Waals surface area contributed by atoms with Crippen molar-refractivity contribution >= 4 is 17.5 Å². The molecule has 6 heteroatoms. The SMILES string of the molecule is Cc1cccc(C(C)C)c1Nc1ncc(C(=O)NCCCN(C)C)cn1. The van der Waals surface area contributed by atoms with Crippen LogP contribution in [-0.4, -0.2) is 48.0 Å². The molecule has 0 fully saturated rings. The summed E-state index contributed by atoms with van der Waals surface area (Å²) < 4.78 is 0. The third-order valence-corrected chi connectivity index (χ3v) is 4.15. The van der Waals surface area contributed by atoms with Gasteiger partial charge in [0.2, 0.25) is 5.95 Å². The molecule has 1 heterocycles. The second kappa shape index (κ2) is 9.29. The van der Waals surface area contributed by atoms with Crippen LogP contribution in [0.2, 0.25) is 0 Å². The van der Waals surface area contributed by atoms with E-state index in [-0.39, 0.29) is 5.91 Å². The van der Waals surface area contributed by atoms with Gasteiger partial charge < -0.3 is 15.5 Å². The number of nitrogens with one attached hydrogen (secondary N) is 2. The van der Waals surface area contributed by atoms with E-state index in [1.54, 1.807) is 12.4 Å². The van der Waals surface area contributed by atoms with E-state index in [4.69, 9.17) is 0 Å². The Morgan fingerprint density at radius 1 is 1.19 bits per heavy atom. The number of para-hydroxylation sites is 1. The van der Waals surface area contributed by atoms with E-state index in [0.717, 1.165) is 24.2 Å². The number of hydrogen-bond acceptors (Lipinski definition) is 5. The van der Waals surface area contributed by atoms with E-state index in [0.29, 0.717) is 24.0 Å². The fraction of sp³-hybridized carbons (Fsp3) is 0.450. The standard InChI is InChI=1S/C20H29N5O/c1-14(2)17-9-6-8-15(3)18(17)24-20-22-12-16(13-23-20)19(26)21-10-7-11-25(4)5/h6,8-9,12-14H,7,10-11H2,1-5H3,(H,21,26)(H,22,23,24). The molecule has 0 saturated heterocycles. The minimum Gasteiger partial charge on any atom is -0.352 e. The highest BCUT2D eigenvalue weighted by atomic mass is 16.1. The number of anilines is 2. The van der Waals surface area contributed by atoms with Gasteiger partial charge in [-0.05, 0) is 51.0 Å². The zero-order valence-electron chi connectivity index (χ0n) is 16.3. The molecule has 0 unspecified atom stereocenters. The van der Waals surface area contributed by atoms with Crippen molar-refractivity contribution in [2.24, 2.45) is 0 Å². The maximum absolute atomic E-state index is 12.1. The van der Waals surface area contributed by atoms with Crippen molar-refractivity contribution in [3.63, 3.8) is 0 Å². The number of aromatic nitrogens is 2. The van der Waals surface area contributed by atoms with Gasteiger partial charge in [0.25, 0.3) is 5.91 Å². The molecule has 2 N–H and O–H groups in total. The van der Waals surface area contributed by atoms with Gasteiger partial charge in [-0.1, -0.05) is 32.0 Å². The Bertz CT molecular complexity index is 725. The molecule has 0 spiro atoms. The summed E-state index contributed by atoms with van der Waals surface area (Å²) in [6, 6.07) is 6.22. The number of amides is 1. The highest BCUT2D eigenvalue weighted by Crippen LogP contribution is 2.29. The first-order chi connectivity index (χ1) is 12.4. The fourth-order valence-corrected chi connectivity index (χ4v) is 2.66. The lowest BCUT2D eigenvalue weighted by atomic mass is 9.98. The van der Waals surface area contributed by atoms with Crippen molar-refractivity contribution in [2.45, 2.75) is 33.1 Å². The van der Waals surface area contributed by atoms with E-state index >= 15 is 0 Å². The Labute approximate surface area is 156 Å². The molecule has 0 atom stereocenters. The van der Waals surface area contributed by atoms with Crippen molar-refractivity contribution in [2.75, 3.05) is 32.5 Å². The molecule has 0 bridgehead atoms. The second-order valence-electron chi connectivity index (χ2n) is 7.03. The summed E-state index contributed by atoms with van der Waals surface area (Å²) in [4.78, 5) is 22.8.